The number of hydrogen-bond acceptors (Lipinski definition) is 3. The average molecular weight is 205 g/mol. The zero-order valence-corrected chi connectivity index (χ0v) is 9.03. The van der Waals surface area contributed by atoms with Crippen molar-refractivity contribution in [2.24, 2.45) is 7.05 Å². The molecule has 0 aliphatic rings. The molecule has 0 bridgehead atoms. The minimum Gasteiger partial charge on any atom is -0.464 e. The monoisotopic (exact) mass is 205 g/mol. The van der Waals surface area contributed by atoms with Crippen molar-refractivity contribution < 1.29 is 4.42 Å². The molecule has 1 N–H and O–H groups in total. The van der Waals surface area contributed by atoms with E-state index in [0.29, 0.717) is 0 Å². The van der Waals surface area contributed by atoms with Crippen LogP contribution < -0.4 is 5.32 Å². The number of aryl methyl sites for hydroxylation is 1. The van der Waals surface area contributed by atoms with Crippen LogP contribution in [0.2, 0.25) is 0 Å². The molecule has 0 unspecified atom stereocenters. The van der Waals surface area contributed by atoms with E-state index in [-0.39, 0.29) is 0 Å². The fourth-order valence-corrected chi connectivity index (χ4v) is 1.51. The summed E-state index contributed by atoms with van der Waals surface area (Å²) in [5, 5.41) is 3.05. The predicted octanol–water partition coefficient (Wildman–Crippen LogP) is 1.32. The van der Waals surface area contributed by atoms with Crippen LogP contribution in [-0.4, -0.2) is 16.6 Å². The number of imidazole rings is 1. The number of furan rings is 1. The van der Waals surface area contributed by atoms with E-state index in [2.05, 4.69) is 10.3 Å². The third-order valence-corrected chi connectivity index (χ3v) is 2.32. The lowest BCUT2D eigenvalue weighted by atomic mass is 10.3. The highest BCUT2D eigenvalue weighted by atomic mass is 16.3. The maximum absolute atomic E-state index is 5.64. The van der Waals surface area contributed by atoms with Gasteiger partial charge in [0.25, 0.3) is 0 Å². The van der Waals surface area contributed by atoms with Gasteiger partial charge in [0.2, 0.25) is 0 Å². The number of hydrogen-bond donors (Lipinski definition) is 1. The highest BCUT2D eigenvalue weighted by Gasteiger charge is 2.05. The second kappa shape index (κ2) is 4.31. The van der Waals surface area contributed by atoms with Gasteiger partial charge in [-0.1, -0.05) is 0 Å². The molecule has 0 atom stereocenters. The van der Waals surface area contributed by atoms with Crippen molar-refractivity contribution in [3.05, 3.63) is 41.9 Å². The molecule has 0 fully saturated rings. The minimum atomic E-state index is 0.743. The first kappa shape index (κ1) is 9.98. The van der Waals surface area contributed by atoms with Gasteiger partial charge in [0.1, 0.15) is 17.3 Å². The topological polar surface area (TPSA) is 43.0 Å². The molecule has 4 nitrogen and oxygen atoms in total. The Bertz CT molecular complexity index is 430. The van der Waals surface area contributed by atoms with Crippen LogP contribution in [0.3, 0.4) is 0 Å². The molecule has 2 aromatic rings. The smallest absolute Gasteiger partial charge is 0.117 e. The zero-order valence-electron chi connectivity index (χ0n) is 9.03. The molecule has 0 aliphatic carbocycles. The number of rotatable bonds is 4. The summed E-state index contributed by atoms with van der Waals surface area (Å²) in [5.41, 5.74) is 0. The Morgan fingerprint density at radius 3 is 2.87 bits per heavy atom. The summed E-state index contributed by atoms with van der Waals surface area (Å²) in [6.45, 7) is 0.764. The molecular weight excluding hydrogens is 190 g/mol. The summed E-state index contributed by atoms with van der Waals surface area (Å²) in [7, 11) is 3.89. The van der Waals surface area contributed by atoms with Crippen molar-refractivity contribution in [2.75, 3.05) is 7.05 Å². The molecule has 15 heavy (non-hydrogen) atoms. The molecule has 80 valence electrons. The van der Waals surface area contributed by atoms with Crippen molar-refractivity contribution in [3.63, 3.8) is 0 Å². The first-order valence-electron chi connectivity index (χ1n) is 4.98. The van der Waals surface area contributed by atoms with Crippen LogP contribution in [0.15, 0.2) is 28.9 Å². The maximum atomic E-state index is 5.64. The molecule has 2 aromatic heterocycles. The van der Waals surface area contributed by atoms with Crippen molar-refractivity contribution >= 4 is 0 Å². The number of aromatic nitrogens is 2. The number of nitrogens with zero attached hydrogens (tertiary/aromatic N) is 2. The third kappa shape index (κ3) is 2.27. The molecule has 0 radical (unpaired) electrons. The lowest BCUT2D eigenvalue weighted by Gasteiger charge is -1.98. The van der Waals surface area contributed by atoms with E-state index in [0.717, 1.165) is 30.3 Å². The minimum absolute atomic E-state index is 0.743. The van der Waals surface area contributed by atoms with Crippen molar-refractivity contribution in [2.45, 2.75) is 13.0 Å². The van der Waals surface area contributed by atoms with E-state index < -0.39 is 0 Å². The van der Waals surface area contributed by atoms with Crippen molar-refractivity contribution in [1.29, 1.82) is 0 Å². The van der Waals surface area contributed by atoms with Gasteiger partial charge in [-0.05, 0) is 19.2 Å². The second-order valence-corrected chi connectivity index (χ2v) is 3.53. The first-order valence-corrected chi connectivity index (χ1v) is 4.98. The van der Waals surface area contributed by atoms with Gasteiger partial charge < -0.3 is 14.3 Å². The lowest BCUT2D eigenvalue weighted by molar-refractivity contribution is 0.458. The maximum Gasteiger partial charge on any atom is 0.117 e. The van der Waals surface area contributed by atoms with Crippen molar-refractivity contribution in [1.82, 2.24) is 14.9 Å². The summed E-state index contributed by atoms with van der Waals surface area (Å²) in [6, 6.07) is 4.00. The van der Waals surface area contributed by atoms with Gasteiger partial charge in [-0.2, -0.15) is 0 Å². The van der Waals surface area contributed by atoms with Crippen LogP contribution in [0.1, 0.15) is 17.3 Å². The number of nitrogens with one attached hydrogen (secondary N) is 1. The summed E-state index contributed by atoms with van der Waals surface area (Å²) in [6.07, 6.45) is 4.48. The molecule has 0 amide bonds. The van der Waals surface area contributed by atoms with E-state index in [1.54, 1.807) is 6.20 Å². The van der Waals surface area contributed by atoms with Crippen LogP contribution in [-0.2, 0) is 20.0 Å². The summed E-state index contributed by atoms with van der Waals surface area (Å²) in [4.78, 5) is 4.25. The summed E-state index contributed by atoms with van der Waals surface area (Å²) in [5.74, 6) is 2.93. The Balaban J connectivity index is 2.08. The van der Waals surface area contributed by atoms with Gasteiger partial charge in [0, 0.05) is 19.4 Å². The Morgan fingerprint density at radius 1 is 1.40 bits per heavy atom. The van der Waals surface area contributed by atoms with E-state index in [1.165, 1.54) is 0 Å². The van der Waals surface area contributed by atoms with Crippen LogP contribution >= 0.6 is 0 Å². The van der Waals surface area contributed by atoms with E-state index in [4.69, 9.17) is 4.42 Å². The summed E-state index contributed by atoms with van der Waals surface area (Å²) < 4.78 is 7.64. The second-order valence-electron chi connectivity index (χ2n) is 3.53. The molecular formula is C11H15N3O. The Hall–Kier alpha value is -1.55. The van der Waals surface area contributed by atoms with Gasteiger partial charge in [0.15, 0.2) is 0 Å². The molecule has 4 heteroatoms. The van der Waals surface area contributed by atoms with Crippen LogP contribution in [0.4, 0.5) is 0 Å². The van der Waals surface area contributed by atoms with Gasteiger partial charge in [0.05, 0.1) is 13.0 Å². The van der Waals surface area contributed by atoms with Crippen molar-refractivity contribution in [3.8, 4) is 0 Å². The first-order chi connectivity index (χ1) is 7.29. The van der Waals surface area contributed by atoms with Crippen LogP contribution in [0.5, 0.6) is 0 Å². The molecule has 0 aliphatic heterocycles. The largest absolute Gasteiger partial charge is 0.464 e. The summed E-state index contributed by atoms with van der Waals surface area (Å²) >= 11 is 0. The standard InChI is InChI=1S/C11H15N3O/c1-12-8-10-4-3-9(15-10)7-11-13-5-6-14(11)2/h3-6,12H,7-8H2,1-2H3. The normalized spacial score (nSPS) is 10.8. The Kier molecular flexibility index (Phi) is 2.87. The van der Waals surface area contributed by atoms with Gasteiger partial charge in [-0.15, -0.1) is 0 Å². The zero-order chi connectivity index (χ0) is 10.7. The fourth-order valence-electron chi connectivity index (χ4n) is 1.51. The predicted molar refractivity (Wildman–Crippen MR) is 57.5 cm³/mol. The van der Waals surface area contributed by atoms with E-state index >= 15 is 0 Å². The lowest BCUT2D eigenvalue weighted by Crippen LogP contribution is -2.03. The molecule has 0 spiro atoms. The SMILES string of the molecule is CNCc1ccc(Cc2nccn2C)o1. The Labute approximate surface area is 88.9 Å². The fraction of sp³-hybridized carbons (Fsp3) is 0.364. The quantitative estimate of drug-likeness (QED) is 0.818. The molecule has 0 aromatic carbocycles. The Morgan fingerprint density at radius 2 is 2.20 bits per heavy atom. The van der Waals surface area contributed by atoms with E-state index in [9.17, 15) is 0 Å². The van der Waals surface area contributed by atoms with Gasteiger partial charge in [-0.25, -0.2) is 4.98 Å². The van der Waals surface area contributed by atoms with Gasteiger partial charge in [-0.3, -0.25) is 0 Å². The molecule has 2 heterocycles. The highest BCUT2D eigenvalue weighted by molar-refractivity contribution is 5.12. The van der Waals surface area contributed by atoms with Gasteiger partial charge >= 0.3 is 0 Å². The van der Waals surface area contributed by atoms with E-state index in [1.807, 2.05) is 37.0 Å². The van der Waals surface area contributed by atoms with Crippen LogP contribution in [0, 0.1) is 0 Å². The highest BCUT2D eigenvalue weighted by Crippen LogP contribution is 2.11. The molecule has 0 saturated carbocycles. The molecule has 2 rings (SSSR count). The average Bonchev–Trinajstić information content (AvgIpc) is 2.79. The molecule has 0 saturated heterocycles. The van der Waals surface area contributed by atoms with Crippen LogP contribution in [0.25, 0.3) is 0 Å². The third-order valence-electron chi connectivity index (χ3n) is 2.32.